The Morgan fingerprint density at radius 1 is 1.19 bits per heavy atom. The predicted molar refractivity (Wildman–Crippen MR) is 68.5 cm³/mol. The summed E-state index contributed by atoms with van der Waals surface area (Å²) < 4.78 is 0. The van der Waals surface area contributed by atoms with Crippen molar-refractivity contribution in [1.29, 1.82) is 0 Å². The lowest BCUT2D eigenvalue weighted by molar-refractivity contribution is 0.690. The van der Waals surface area contributed by atoms with Crippen molar-refractivity contribution in [3.05, 3.63) is 52.0 Å². The Labute approximate surface area is 100 Å². The van der Waals surface area contributed by atoms with Crippen LogP contribution in [0.15, 0.2) is 36.5 Å². The van der Waals surface area contributed by atoms with Crippen LogP contribution in [0.3, 0.4) is 0 Å². The fourth-order valence-corrected chi connectivity index (χ4v) is 2.33. The van der Waals surface area contributed by atoms with Gasteiger partial charge < -0.3 is 5.32 Å². The molecule has 1 aromatic carbocycles. The molecule has 2 rings (SSSR count). The van der Waals surface area contributed by atoms with Gasteiger partial charge in [0.1, 0.15) is 5.01 Å². The molecule has 2 aromatic rings. The van der Waals surface area contributed by atoms with Crippen molar-refractivity contribution < 1.29 is 0 Å². The van der Waals surface area contributed by atoms with Crippen LogP contribution in [0, 0.1) is 0 Å². The second-order valence-corrected chi connectivity index (χ2v) is 4.86. The van der Waals surface area contributed by atoms with Crippen LogP contribution < -0.4 is 5.32 Å². The molecule has 16 heavy (non-hydrogen) atoms. The Bertz CT molecular complexity index is 423. The Morgan fingerprint density at radius 2 is 2.00 bits per heavy atom. The molecule has 0 aliphatic heterocycles. The Kier molecular flexibility index (Phi) is 4.08. The summed E-state index contributed by atoms with van der Waals surface area (Å²) in [5, 5.41) is 4.58. The molecule has 0 radical (unpaired) electrons. The third-order valence-electron chi connectivity index (χ3n) is 2.40. The van der Waals surface area contributed by atoms with E-state index in [1.54, 1.807) is 11.3 Å². The smallest absolute Gasteiger partial charge is 0.107 e. The van der Waals surface area contributed by atoms with Crippen LogP contribution in [0.2, 0.25) is 0 Å². The van der Waals surface area contributed by atoms with Crippen LogP contribution in [0.4, 0.5) is 0 Å². The number of aromatic nitrogens is 1. The molecular weight excluding hydrogens is 216 g/mol. The highest BCUT2D eigenvalue weighted by molar-refractivity contribution is 7.11. The summed E-state index contributed by atoms with van der Waals surface area (Å²) in [4.78, 5) is 5.73. The quantitative estimate of drug-likeness (QED) is 0.857. The van der Waals surface area contributed by atoms with Crippen LogP contribution in [-0.4, -0.2) is 4.98 Å². The van der Waals surface area contributed by atoms with Crippen LogP contribution in [0.1, 0.15) is 22.4 Å². The van der Waals surface area contributed by atoms with Crippen LogP contribution in [0.25, 0.3) is 0 Å². The molecule has 1 aromatic heterocycles. The Balaban J connectivity index is 1.80. The number of rotatable bonds is 5. The number of nitrogens with zero attached hydrogens (tertiary/aromatic N) is 1. The molecule has 0 bridgehead atoms. The van der Waals surface area contributed by atoms with Crippen LogP contribution in [-0.2, 0) is 19.5 Å². The molecule has 0 amide bonds. The summed E-state index contributed by atoms with van der Waals surface area (Å²) >= 11 is 1.79. The lowest BCUT2D eigenvalue weighted by Crippen LogP contribution is -2.12. The van der Waals surface area contributed by atoms with Crippen molar-refractivity contribution in [1.82, 2.24) is 10.3 Å². The number of thiazole rings is 1. The molecular formula is C13H16N2S. The first-order valence-corrected chi connectivity index (χ1v) is 6.38. The molecule has 0 saturated carbocycles. The molecule has 0 saturated heterocycles. The lowest BCUT2D eigenvalue weighted by Gasteiger charge is -2.01. The number of hydrogen-bond acceptors (Lipinski definition) is 3. The van der Waals surface area contributed by atoms with Crippen LogP contribution >= 0.6 is 11.3 Å². The largest absolute Gasteiger partial charge is 0.306 e. The van der Waals surface area contributed by atoms with E-state index in [1.165, 1.54) is 15.4 Å². The maximum absolute atomic E-state index is 4.37. The first-order valence-electron chi connectivity index (χ1n) is 5.56. The molecule has 1 heterocycles. The number of nitrogens with one attached hydrogen (secondary N) is 1. The summed E-state index contributed by atoms with van der Waals surface area (Å²) in [7, 11) is 0. The normalized spacial score (nSPS) is 10.6. The van der Waals surface area contributed by atoms with Gasteiger partial charge in [-0.2, -0.15) is 0 Å². The lowest BCUT2D eigenvalue weighted by atomic mass is 10.2. The molecule has 0 fully saturated rings. The molecule has 0 unspecified atom stereocenters. The van der Waals surface area contributed by atoms with E-state index in [9.17, 15) is 0 Å². The van der Waals surface area contributed by atoms with E-state index in [4.69, 9.17) is 0 Å². The molecule has 0 atom stereocenters. The first-order chi connectivity index (χ1) is 7.88. The van der Waals surface area contributed by atoms with Crippen molar-refractivity contribution >= 4 is 11.3 Å². The molecule has 0 aliphatic carbocycles. The van der Waals surface area contributed by atoms with Gasteiger partial charge in [-0.15, -0.1) is 11.3 Å². The topological polar surface area (TPSA) is 24.9 Å². The van der Waals surface area contributed by atoms with E-state index < -0.39 is 0 Å². The Hall–Kier alpha value is -1.19. The van der Waals surface area contributed by atoms with Gasteiger partial charge >= 0.3 is 0 Å². The summed E-state index contributed by atoms with van der Waals surface area (Å²) in [6.45, 7) is 3.93. The van der Waals surface area contributed by atoms with Gasteiger partial charge in [0.2, 0.25) is 0 Å². The average Bonchev–Trinajstić information content (AvgIpc) is 2.78. The molecule has 3 heteroatoms. The number of benzene rings is 1. The zero-order valence-electron chi connectivity index (χ0n) is 9.44. The van der Waals surface area contributed by atoms with Gasteiger partial charge in [-0.3, -0.25) is 0 Å². The summed E-state index contributed by atoms with van der Waals surface area (Å²) in [6.07, 6.45) is 3.06. The van der Waals surface area contributed by atoms with Gasteiger partial charge in [0.05, 0.1) is 0 Å². The van der Waals surface area contributed by atoms with Gasteiger partial charge in [-0.25, -0.2) is 4.98 Å². The summed E-state index contributed by atoms with van der Waals surface area (Å²) in [5.74, 6) is 0. The van der Waals surface area contributed by atoms with Crippen molar-refractivity contribution in [3.8, 4) is 0 Å². The average molecular weight is 232 g/mol. The minimum atomic E-state index is 0.861. The minimum absolute atomic E-state index is 0.861. The second kappa shape index (κ2) is 5.77. The fraction of sp³-hybridized carbons (Fsp3) is 0.308. The molecule has 84 valence electrons. The molecule has 0 spiro atoms. The SMILES string of the molecule is CCc1cnc(CNCc2ccccc2)s1. The molecule has 1 N–H and O–H groups in total. The molecule has 2 nitrogen and oxygen atoms in total. The summed E-state index contributed by atoms with van der Waals surface area (Å²) in [6, 6.07) is 10.4. The van der Waals surface area contributed by atoms with Gasteiger partial charge in [0, 0.05) is 24.2 Å². The van der Waals surface area contributed by atoms with Gasteiger partial charge in [0.25, 0.3) is 0 Å². The van der Waals surface area contributed by atoms with Crippen molar-refractivity contribution in [3.63, 3.8) is 0 Å². The zero-order chi connectivity index (χ0) is 11.2. The minimum Gasteiger partial charge on any atom is -0.306 e. The zero-order valence-corrected chi connectivity index (χ0v) is 10.3. The van der Waals surface area contributed by atoms with Gasteiger partial charge in [-0.1, -0.05) is 37.3 Å². The number of aryl methyl sites for hydroxylation is 1. The predicted octanol–water partition coefficient (Wildman–Crippen LogP) is 3.00. The van der Waals surface area contributed by atoms with Gasteiger partial charge in [0.15, 0.2) is 0 Å². The monoisotopic (exact) mass is 232 g/mol. The molecule has 0 aliphatic rings. The maximum Gasteiger partial charge on any atom is 0.107 e. The van der Waals surface area contributed by atoms with Crippen LogP contribution in [0.5, 0.6) is 0 Å². The second-order valence-electron chi connectivity index (χ2n) is 3.66. The van der Waals surface area contributed by atoms with Crippen molar-refractivity contribution in [2.75, 3.05) is 0 Å². The third-order valence-corrected chi connectivity index (χ3v) is 3.54. The summed E-state index contributed by atoms with van der Waals surface area (Å²) in [5.41, 5.74) is 1.31. The highest BCUT2D eigenvalue weighted by Gasteiger charge is 1.99. The highest BCUT2D eigenvalue weighted by Crippen LogP contribution is 2.12. The Morgan fingerprint density at radius 3 is 2.69 bits per heavy atom. The van der Waals surface area contributed by atoms with E-state index in [0.717, 1.165) is 19.5 Å². The maximum atomic E-state index is 4.37. The fourth-order valence-electron chi connectivity index (χ4n) is 1.50. The first kappa shape index (κ1) is 11.3. The van der Waals surface area contributed by atoms with E-state index in [2.05, 4.69) is 41.5 Å². The van der Waals surface area contributed by atoms with Crippen molar-refractivity contribution in [2.45, 2.75) is 26.4 Å². The van der Waals surface area contributed by atoms with E-state index in [1.807, 2.05) is 12.3 Å². The standard InChI is InChI=1S/C13H16N2S/c1-2-12-9-15-13(16-12)10-14-8-11-6-4-3-5-7-11/h3-7,9,14H,2,8,10H2,1H3. The van der Waals surface area contributed by atoms with Gasteiger partial charge in [-0.05, 0) is 12.0 Å². The van der Waals surface area contributed by atoms with Crippen molar-refractivity contribution in [2.24, 2.45) is 0 Å². The van der Waals surface area contributed by atoms with E-state index in [0.29, 0.717) is 0 Å². The van der Waals surface area contributed by atoms with E-state index in [-0.39, 0.29) is 0 Å². The highest BCUT2D eigenvalue weighted by atomic mass is 32.1. The number of hydrogen-bond donors (Lipinski definition) is 1. The van der Waals surface area contributed by atoms with E-state index >= 15 is 0 Å². The third kappa shape index (κ3) is 3.15.